The van der Waals surface area contributed by atoms with Gasteiger partial charge in [0.05, 0.1) is 10.8 Å². The van der Waals surface area contributed by atoms with E-state index in [1.807, 2.05) is 19.1 Å². The van der Waals surface area contributed by atoms with Gasteiger partial charge < -0.3 is 5.32 Å². The Bertz CT molecular complexity index is 390. The Morgan fingerprint density at radius 2 is 2.06 bits per heavy atom. The lowest BCUT2D eigenvalue weighted by Crippen LogP contribution is -2.27. The van der Waals surface area contributed by atoms with Crippen LogP contribution in [0.25, 0.3) is 0 Å². The van der Waals surface area contributed by atoms with Crippen molar-refractivity contribution in [2.45, 2.75) is 45.1 Å². The molecular formula is C14H23NOS. The molecule has 0 aliphatic heterocycles. The van der Waals surface area contributed by atoms with Gasteiger partial charge in [-0.25, -0.2) is 0 Å². The molecule has 1 aromatic rings. The molecule has 2 atom stereocenters. The highest BCUT2D eigenvalue weighted by Gasteiger charge is 2.09. The molecule has 96 valence electrons. The highest BCUT2D eigenvalue weighted by Crippen LogP contribution is 2.15. The molecule has 1 N–H and O–H groups in total. The first kappa shape index (κ1) is 14.4. The molecule has 0 bridgehead atoms. The van der Waals surface area contributed by atoms with Gasteiger partial charge in [-0.15, -0.1) is 0 Å². The fourth-order valence-corrected chi connectivity index (χ4v) is 3.32. The minimum Gasteiger partial charge on any atom is -0.315 e. The van der Waals surface area contributed by atoms with Crippen molar-refractivity contribution in [3.05, 3.63) is 29.3 Å². The van der Waals surface area contributed by atoms with Crippen LogP contribution in [0.5, 0.6) is 0 Å². The molecule has 1 aromatic carbocycles. The molecule has 0 radical (unpaired) electrons. The van der Waals surface area contributed by atoms with E-state index in [0.717, 1.165) is 29.2 Å². The van der Waals surface area contributed by atoms with Gasteiger partial charge >= 0.3 is 0 Å². The van der Waals surface area contributed by atoms with Crippen molar-refractivity contribution in [1.29, 1.82) is 0 Å². The summed E-state index contributed by atoms with van der Waals surface area (Å²) in [6.07, 6.45) is 0.952. The van der Waals surface area contributed by atoms with Gasteiger partial charge in [0, 0.05) is 16.7 Å². The largest absolute Gasteiger partial charge is 0.315 e. The lowest BCUT2D eigenvalue weighted by atomic mass is 10.2. The van der Waals surface area contributed by atoms with Crippen molar-refractivity contribution in [2.24, 2.45) is 0 Å². The van der Waals surface area contributed by atoms with E-state index >= 15 is 0 Å². The molecule has 17 heavy (non-hydrogen) atoms. The fourth-order valence-electron chi connectivity index (χ4n) is 1.90. The van der Waals surface area contributed by atoms with Crippen LogP contribution in [0.1, 0.15) is 31.4 Å². The quantitative estimate of drug-likeness (QED) is 0.844. The Labute approximate surface area is 107 Å². The van der Waals surface area contributed by atoms with Crippen LogP contribution in [0.4, 0.5) is 0 Å². The van der Waals surface area contributed by atoms with Crippen molar-refractivity contribution in [3.63, 3.8) is 0 Å². The number of nitrogens with one attached hydrogen (secondary N) is 1. The van der Waals surface area contributed by atoms with E-state index in [2.05, 4.69) is 32.2 Å². The van der Waals surface area contributed by atoms with E-state index < -0.39 is 10.8 Å². The van der Waals surface area contributed by atoms with Gasteiger partial charge in [-0.1, -0.05) is 24.6 Å². The Morgan fingerprint density at radius 1 is 1.35 bits per heavy atom. The van der Waals surface area contributed by atoms with E-state index in [9.17, 15) is 4.21 Å². The van der Waals surface area contributed by atoms with Crippen LogP contribution >= 0.6 is 0 Å². The van der Waals surface area contributed by atoms with Gasteiger partial charge in [-0.2, -0.15) is 0 Å². The zero-order valence-electron chi connectivity index (χ0n) is 11.2. The molecule has 2 unspecified atom stereocenters. The third kappa shape index (κ3) is 4.60. The standard InChI is InChI=1S/C14H23NOS/c1-5-15-13(4)8-9-17(16)14-7-6-11(2)10-12(14)3/h6-7,10,13,15H,5,8-9H2,1-4H3. The third-order valence-electron chi connectivity index (χ3n) is 2.86. The first-order chi connectivity index (χ1) is 8.04. The number of benzene rings is 1. The maximum absolute atomic E-state index is 12.2. The highest BCUT2D eigenvalue weighted by atomic mass is 32.2. The molecule has 2 nitrogen and oxygen atoms in total. The van der Waals surface area contributed by atoms with Gasteiger partial charge in [0.2, 0.25) is 0 Å². The molecule has 0 saturated heterocycles. The summed E-state index contributed by atoms with van der Waals surface area (Å²) in [5.41, 5.74) is 2.36. The maximum atomic E-state index is 12.2. The van der Waals surface area contributed by atoms with Crippen LogP contribution in [-0.4, -0.2) is 22.5 Å². The molecular weight excluding hydrogens is 230 g/mol. The summed E-state index contributed by atoms with van der Waals surface area (Å²) in [4.78, 5) is 0.985. The predicted molar refractivity (Wildman–Crippen MR) is 74.9 cm³/mol. The molecule has 0 spiro atoms. The molecule has 0 aliphatic rings. The van der Waals surface area contributed by atoms with Crippen LogP contribution in [-0.2, 0) is 10.8 Å². The van der Waals surface area contributed by atoms with Crippen LogP contribution in [0.2, 0.25) is 0 Å². The first-order valence-corrected chi connectivity index (χ1v) is 7.55. The average molecular weight is 253 g/mol. The summed E-state index contributed by atoms with van der Waals surface area (Å²) in [6.45, 7) is 9.30. The topological polar surface area (TPSA) is 29.1 Å². The second-order valence-electron chi connectivity index (χ2n) is 4.57. The van der Waals surface area contributed by atoms with Crippen molar-refractivity contribution in [3.8, 4) is 0 Å². The van der Waals surface area contributed by atoms with E-state index in [-0.39, 0.29) is 0 Å². The molecule has 0 saturated carbocycles. The zero-order valence-corrected chi connectivity index (χ0v) is 12.1. The Morgan fingerprint density at radius 3 is 2.65 bits per heavy atom. The van der Waals surface area contributed by atoms with E-state index in [0.29, 0.717) is 6.04 Å². The van der Waals surface area contributed by atoms with Gasteiger partial charge in [-0.05, 0) is 45.4 Å². The molecule has 3 heteroatoms. The van der Waals surface area contributed by atoms with Crippen LogP contribution < -0.4 is 5.32 Å². The van der Waals surface area contributed by atoms with Gasteiger partial charge in [0.25, 0.3) is 0 Å². The number of hydrogen-bond donors (Lipinski definition) is 1. The predicted octanol–water partition coefficient (Wildman–Crippen LogP) is 2.80. The van der Waals surface area contributed by atoms with E-state index in [4.69, 9.17) is 0 Å². The van der Waals surface area contributed by atoms with Gasteiger partial charge in [-0.3, -0.25) is 4.21 Å². The van der Waals surface area contributed by atoms with Crippen molar-refractivity contribution >= 4 is 10.8 Å². The van der Waals surface area contributed by atoms with Gasteiger partial charge in [0.1, 0.15) is 0 Å². The van der Waals surface area contributed by atoms with Crippen molar-refractivity contribution in [1.82, 2.24) is 5.32 Å². The smallest absolute Gasteiger partial charge is 0.0532 e. The minimum absolute atomic E-state index is 0.440. The average Bonchev–Trinajstić information content (AvgIpc) is 2.26. The van der Waals surface area contributed by atoms with Crippen LogP contribution in [0, 0.1) is 13.8 Å². The van der Waals surface area contributed by atoms with Crippen molar-refractivity contribution < 1.29 is 4.21 Å². The SMILES string of the molecule is CCNC(C)CCS(=O)c1ccc(C)cc1C. The van der Waals surface area contributed by atoms with Gasteiger partial charge in [0.15, 0.2) is 0 Å². The first-order valence-electron chi connectivity index (χ1n) is 6.23. The monoisotopic (exact) mass is 253 g/mol. The molecule has 0 fully saturated rings. The van der Waals surface area contributed by atoms with E-state index in [1.54, 1.807) is 0 Å². The molecule has 0 aliphatic carbocycles. The number of rotatable bonds is 6. The maximum Gasteiger partial charge on any atom is 0.0532 e. The molecule has 0 amide bonds. The summed E-state index contributed by atoms with van der Waals surface area (Å²) < 4.78 is 12.2. The summed E-state index contributed by atoms with van der Waals surface area (Å²) in [5, 5.41) is 3.34. The molecule has 0 heterocycles. The minimum atomic E-state index is -0.867. The van der Waals surface area contributed by atoms with Crippen LogP contribution in [0.15, 0.2) is 23.1 Å². The zero-order chi connectivity index (χ0) is 12.8. The fraction of sp³-hybridized carbons (Fsp3) is 0.571. The lowest BCUT2D eigenvalue weighted by Gasteiger charge is -2.12. The summed E-state index contributed by atoms with van der Waals surface area (Å²) in [6, 6.07) is 6.57. The van der Waals surface area contributed by atoms with Crippen molar-refractivity contribution in [2.75, 3.05) is 12.3 Å². The highest BCUT2D eigenvalue weighted by molar-refractivity contribution is 7.85. The lowest BCUT2D eigenvalue weighted by molar-refractivity contribution is 0.553. The van der Waals surface area contributed by atoms with Crippen LogP contribution in [0.3, 0.4) is 0 Å². The number of hydrogen-bond acceptors (Lipinski definition) is 2. The Kier molecular flexibility index (Phi) is 5.86. The summed E-state index contributed by atoms with van der Waals surface area (Å²) >= 11 is 0. The normalized spacial score (nSPS) is 14.6. The Hall–Kier alpha value is -0.670. The third-order valence-corrected chi connectivity index (χ3v) is 4.42. The molecule has 0 aromatic heterocycles. The Balaban J connectivity index is 2.58. The van der Waals surface area contributed by atoms with E-state index in [1.165, 1.54) is 5.56 Å². The second kappa shape index (κ2) is 6.92. The summed E-state index contributed by atoms with van der Waals surface area (Å²) in [5.74, 6) is 0.734. The summed E-state index contributed by atoms with van der Waals surface area (Å²) in [7, 11) is -0.867. The molecule has 1 rings (SSSR count). The second-order valence-corrected chi connectivity index (χ2v) is 6.11. The number of aryl methyl sites for hydroxylation is 2.